The summed E-state index contributed by atoms with van der Waals surface area (Å²) in [5.41, 5.74) is 2.07. The van der Waals surface area contributed by atoms with Crippen molar-refractivity contribution in [1.82, 2.24) is 9.80 Å². The van der Waals surface area contributed by atoms with Crippen LogP contribution in [0.2, 0.25) is 0 Å². The van der Waals surface area contributed by atoms with Crippen LogP contribution in [0.1, 0.15) is 39.5 Å². The second-order valence-corrected chi connectivity index (χ2v) is 8.71. The second kappa shape index (κ2) is 9.12. The number of likely N-dealkylation sites (N-methyl/N-ethyl adjacent to an activating group) is 1. The van der Waals surface area contributed by atoms with Crippen molar-refractivity contribution in [1.29, 1.82) is 0 Å². The van der Waals surface area contributed by atoms with Gasteiger partial charge in [-0.1, -0.05) is 19.1 Å². The molecule has 1 N–H and O–H groups in total. The van der Waals surface area contributed by atoms with E-state index in [1.54, 1.807) is 23.5 Å². The summed E-state index contributed by atoms with van der Waals surface area (Å²) in [7, 11) is 2.12. The summed E-state index contributed by atoms with van der Waals surface area (Å²) in [4.78, 5) is 18.6. The quantitative estimate of drug-likeness (QED) is 0.623. The molecule has 0 aliphatic carbocycles. The molecule has 1 fully saturated rings. The minimum Gasteiger partial charge on any atom is -0.459 e. The molecule has 3 heterocycles. The first-order valence-electron chi connectivity index (χ1n) is 10.2. The summed E-state index contributed by atoms with van der Waals surface area (Å²) in [5, 5.41) is 3.87. The summed E-state index contributed by atoms with van der Waals surface area (Å²) in [6.45, 7) is 5.85. The van der Waals surface area contributed by atoms with Gasteiger partial charge >= 0.3 is 0 Å². The van der Waals surface area contributed by atoms with E-state index in [9.17, 15) is 9.18 Å². The Morgan fingerprint density at radius 2 is 1.93 bits per heavy atom. The lowest BCUT2D eigenvalue weighted by Gasteiger charge is -2.38. The SMILES string of the molecule is CCc1cc([C@@H](c2ccc(F)cc2)N2CCN(C)CC2)c(NC(=O)c2ccco2)s1. The molecule has 1 amide bonds. The highest BCUT2D eigenvalue weighted by Crippen LogP contribution is 2.40. The zero-order valence-corrected chi connectivity index (χ0v) is 18.0. The first kappa shape index (κ1) is 20.8. The number of piperazine rings is 1. The van der Waals surface area contributed by atoms with Crippen LogP contribution in [0.4, 0.5) is 9.39 Å². The molecular weight excluding hydrogens is 401 g/mol. The second-order valence-electron chi connectivity index (χ2n) is 7.58. The number of nitrogens with zero attached hydrogens (tertiary/aromatic N) is 2. The van der Waals surface area contributed by atoms with E-state index >= 15 is 0 Å². The number of rotatable bonds is 6. The van der Waals surface area contributed by atoms with Crippen molar-refractivity contribution >= 4 is 22.2 Å². The predicted molar refractivity (Wildman–Crippen MR) is 118 cm³/mol. The monoisotopic (exact) mass is 427 g/mol. The van der Waals surface area contributed by atoms with Crippen molar-refractivity contribution < 1.29 is 13.6 Å². The Balaban J connectivity index is 1.72. The molecule has 1 aliphatic heterocycles. The molecule has 0 saturated carbocycles. The van der Waals surface area contributed by atoms with Gasteiger partial charge in [-0.15, -0.1) is 11.3 Å². The average molecular weight is 428 g/mol. The number of furan rings is 1. The van der Waals surface area contributed by atoms with Crippen molar-refractivity contribution in [3.8, 4) is 0 Å². The first-order chi connectivity index (χ1) is 14.5. The summed E-state index contributed by atoms with van der Waals surface area (Å²) < 4.78 is 18.9. The van der Waals surface area contributed by atoms with E-state index in [0.29, 0.717) is 0 Å². The average Bonchev–Trinajstić information content (AvgIpc) is 3.42. The number of halogens is 1. The van der Waals surface area contributed by atoms with Crippen LogP contribution in [-0.2, 0) is 6.42 Å². The number of carbonyl (C=O) groups is 1. The van der Waals surface area contributed by atoms with Gasteiger partial charge < -0.3 is 14.6 Å². The van der Waals surface area contributed by atoms with E-state index in [0.717, 1.165) is 48.7 Å². The van der Waals surface area contributed by atoms with Gasteiger partial charge in [-0.25, -0.2) is 4.39 Å². The Morgan fingerprint density at radius 3 is 2.57 bits per heavy atom. The number of amides is 1. The van der Waals surface area contributed by atoms with Crippen molar-refractivity contribution in [2.75, 3.05) is 38.5 Å². The van der Waals surface area contributed by atoms with Gasteiger partial charge in [-0.2, -0.15) is 0 Å². The smallest absolute Gasteiger partial charge is 0.291 e. The molecule has 5 nitrogen and oxygen atoms in total. The molecule has 0 bridgehead atoms. The first-order valence-corrected chi connectivity index (χ1v) is 11.0. The number of nitrogens with one attached hydrogen (secondary N) is 1. The molecule has 0 spiro atoms. The van der Waals surface area contributed by atoms with Crippen LogP contribution in [-0.4, -0.2) is 48.9 Å². The standard InChI is InChI=1S/C23H26FN3O2S/c1-3-18-15-19(23(30-18)25-22(28)20-5-4-14-29-20)21(16-6-8-17(24)9-7-16)27-12-10-26(2)11-13-27/h4-9,14-15,21H,3,10-13H2,1-2H3,(H,25,28)/t21-/m1/s1. The van der Waals surface area contributed by atoms with Gasteiger partial charge in [0, 0.05) is 36.6 Å². The molecule has 3 aromatic rings. The minimum absolute atomic E-state index is 0.0530. The van der Waals surface area contributed by atoms with Crippen LogP contribution in [0.25, 0.3) is 0 Å². The topological polar surface area (TPSA) is 48.7 Å². The van der Waals surface area contributed by atoms with Crippen LogP contribution in [0, 0.1) is 5.82 Å². The van der Waals surface area contributed by atoms with E-state index in [-0.39, 0.29) is 23.5 Å². The summed E-state index contributed by atoms with van der Waals surface area (Å²) in [6, 6.07) is 12.2. The molecule has 0 radical (unpaired) electrons. The molecule has 0 unspecified atom stereocenters. The predicted octanol–water partition coefficient (Wildman–Crippen LogP) is 4.63. The van der Waals surface area contributed by atoms with E-state index in [1.165, 1.54) is 23.3 Å². The molecule has 1 saturated heterocycles. The van der Waals surface area contributed by atoms with Crippen LogP contribution in [0.5, 0.6) is 0 Å². The van der Waals surface area contributed by atoms with Gasteiger partial charge in [-0.3, -0.25) is 9.69 Å². The van der Waals surface area contributed by atoms with Crippen molar-refractivity contribution in [2.24, 2.45) is 0 Å². The molecule has 30 heavy (non-hydrogen) atoms. The Kier molecular flexibility index (Phi) is 6.32. The van der Waals surface area contributed by atoms with E-state index in [1.807, 2.05) is 12.1 Å². The van der Waals surface area contributed by atoms with Crippen LogP contribution in [0.3, 0.4) is 0 Å². The van der Waals surface area contributed by atoms with E-state index in [2.05, 4.69) is 35.2 Å². The summed E-state index contributed by atoms with van der Waals surface area (Å²) in [5.74, 6) is -0.228. The maximum absolute atomic E-state index is 13.6. The number of benzene rings is 1. The molecule has 1 aromatic carbocycles. The van der Waals surface area contributed by atoms with Crippen molar-refractivity contribution in [2.45, 2.75) is 19.4 Å². The van der Waals surface area contributed by atoms with Gasteiger partial charge in [0.15, 0.2) is 5.76 Å². The number of thiophene rings is 1. The normalized spacial score (nSPS) is 16.5. The van der Waals surface area contributed by atoms with Gasteiger partial charge in [0.2, 0.25) is 0 Å². The van der Waals surface area contributed by atoms with Crippen LogP contribution in [0.15, 0.2) is 53.1 Å². The fraction of sp³-hybridized carbons (Fsp3) is 0.348. The molecule has 158 valence electrons. The van der Waals surface area contributed by atoms with Crippen molar-refractivity contribution in [3.05, 3.63) is 76.3 Å². The fourth-order valence-electron chi connectivity index (χ4n) is 3.82. The lowest BCUT2D eigenvalue weighted by Crippen LogP contribution is -2.46. The Bertz CT molecular complexity index is 977. The Labute approximate surface area is 180 Å². The largest absolute Gasteiger partial charge is 0.459 e. The minimum atomic E-state index is -0.262. The van der Waals surface area contributed by atoms with Gasteiger partial charge in [-0.05, 0) is 49.4 Å². The zero-order chi connectivity index (χ0) is 21.1. The third-order valence-electron chi connectivity index (χ3n) is 5.52. The number of aryl methyl sites for hydroxylation is 1. The zero-order valence-electron chi connectivity index (χ0n) is 17.2. The van der Waals surface area contributed by atoms with Gasteiger partial charge in [0.25, 0.3) is 5.91 Å². The molecule has 2 aromatic heterocycles. The molecule has 7 heteroatoms. The molecule has 1 atom stereocenters. The maximum atomic E-state index is 13.6. The molecule has 1 aliphatic rings. The third kappa shape index (κ3) is 4.48. The van der Waals surface area contributed by atoms with E-state index in [4.69, 9.17) is 4.42 Å². The van der Waals surface area contributed by atoms with Crippen LogP contribution >= 0.6 is 11.3 Å². The Hall–Kier alpha value is -2.48. The summed E-state index contributed by atoms with van der Waals surface area (Å²) in [6.07, 6.45) is 2.38. The molecule has 4 rings (SSSR count). The Morgan fingerprint density at radius 1 is 1.20 bits per heavy atom. The highest BCUT2D eigenvalue weighted by atomic mass is 32.1. The number of carbonyl (C=O) groups excluding carboxylic acids is 1. The maximum Gasteiger partial charge on any atom is 0.291 e. The highest BCUT2D eigenvalue weighted by molar-refractivity contribution is 7.16. The fourth-order valence-corrected chi connectivity index (χ4v) is 4.84. The number of hydrogen-bond acceptors (Lipinski definition) is 5. The third-order valence-corrected chi connectivity index (χ3v) is 6.73. The van der Waals surface area contributed by atoms with E-state index < -0.39 is 0 Å². The number of hydrogen-bond donors (Lipinski definition) is 1. The number of anilines is 1. The highest BCUT2D eigenvalue weighted by Gasteiger charge is 2.29. The molecular formula is C23H26FN3O2S. The van der Waals surface area contributed by atoms with Gasteiger partial charge in [0.05, 0.1) is 12.3 Å². The lowest BCUT2D eigenvalue weighted by atomic mass is 9.97. The van der Waals surface area contributed by atoms with Crippen LogP contribution < -0.4 is 5.32 Å². The van der Waals surface area contributed by atoms with Crippen molar-refractivity contribution in [3.63, 3.8) is 0 Å². The van der Waals surface area contributed by atoms with Gasteiger partial charge in [0.1, 0.15) is 10.8 Å². The lowest BCUT2D eigenvalue weighted by molar-refractivity contribution is 0.0996. The summed E-state index contributed by atoms with van der Waals surface area (Å²) >= 11 is 1.59.